The quantitative estimate of drug-likeness (QED) is 0.798. The summed E-state index contributed by atoms with van der Waals surface area (Å²) in [6.45, 7) is 5.62. The Labute approximate surface area is 111 Å². The highest BCUT2D eigenvalue weighted by atomic mass is 16.5. The second-order valence-electron chi connectivity index (χ2n) is 5.38. The van der Waals surface area contributed by atoms with E-state index in [0.717, 1.165) is 30.6 Å². The molecule has 100 valence electrons. The minimum absolute atomic E-state index is 0.568. The lowest BCUT2D eigenvalue weighted by Crippen LogP contribution is -2.37. The van der Waals surface area contributed by atoms with Gasteiger partial charge in [-0.05, 0) is 49.3 Å². The Morgan fingerprint density at radius 3 is 2.67 bits per heavy atom. The molecule has 2 unspecified atom stereocenters. The van der Waals surface area contributed by atoms with E-state index in [2.05, 4.69) is 37.4 Å². The van der Waals surface area contributed by atoms with Crippen LogP contribution in [0.2, 0.25) is 0 Å². The maximum Gasteiger partial charge on any atom is 0.122 e. The number of likely N-dealkylation sites (N-methyl/N-ethyl adjacent to an activating group) is 1. The highest BCUT2D eigenvalue weighted by Gasteiger charge is 2.33. The number of methoxy groups -OCH3 is 1. The second kappa shape index (κ2) is 6.24. The van der Waals surface area contributed by atoms with Gasteiger partial charge in [0.15, 0.2) is 0 Å². The fourth-order valence-electron chi connectivity index (χ4n) is 2.77. The van der Waals surface area contributed by atoms with Crippen LogP contribution in [0.25, 0.3) is 0 Å². The Balaban J connectivity index is 2.07. The summed E-state index contributed by atoms with van der Waals surface area (Å²) in [6.07, 6.45) is 3.89. The number of benzene rings is 1. The van der Waals surface area contributed by atoms with E-state index in [1.807, 2.05) is 6.07 Å². The van der Waals surface area contributed by atoms with Crippen LogP contribution in [0.15, 0.2) is 24.3 Å². The smallest absolute Gasteiger partial charge is 0.122 e. The molecule has 1 saturated carbocycles. The van der Waals surface area contributed by atoms with Crippen LogP contribution in [0.1, 0.15) is 32.3 Å². The number of nitrogens with one attached hydrogen (secondary N) is 1. The summed E-state index contributed by atoms with van der Waals surface area (Å²) in [6, 6.07) is 8.94. The van der Waals surface area contributed by atoms with Gasteiger partial charge in [0.25, 0.3) is 0 Å². The number of hydrogen-bond donors (Lipinski definition) is 1. The zero-order chi connectivity index (χ0) is 13.0. The normalized spacial score (nSPS) is 18.4. The van der Waals surface area contributed by atoms with Crippen LogP contribution >= 0.6 is 0 Å². The zero-order valence-corrected chi connectivity index (χ0v) is 11.8. The number of para-hydroxylation sites is 1. The molecule has 2 atom stereocenters. The minimum Gasteiger partial charge on any atom is -0.496 e. The zero-order valence-electron chi connectivity index (χ0n) is 11.8. The van der Waals surface area contributed by atoms with Gasteiger partial charge in [0.1, 0.15) is 5.75 Å². The first-order chi connectivity index (χ1) is 8.76. The van der Waals surface area contributed by atoms with Crippen LogP contribution in [0, 0.1) is 11.8 Å². The molecule has 1 aliphatic rings. The summed E-state index contributed by atoms with van der Waals surface area (Å²) in [5.41, 5.74) is 1.32. The van der Waals surface area contributed by atoms with Crippen molar-refractivity contribution in [2.75, 3.05) is 13.7 Å². The Kier molecular flexibility index (Phi) is 4.65. The molecule has 0 amide bonds. The fourth-order valence-corrected chi connectivity index (χ4v) is 2.77. The fraction of sp³-hybridized carbons (Fsp3) is 0.625. The maximum absolute atomic E-state index is 5.45. The third-order valence-corrected chi connectivity index (χ3v) is 4.10. The lowest BCUT2D eigenvalue weighted by molar-refractivity contribution is 0.338. The van der Waals surface area contributed by atoms with Crippen LogP contribution in [-0.4, -0.2) is 19.7 Å². The average molecular weight is 247 g/mol. The van der Waals surface area contributed by atoms with Gasteiger partial charge in [-0.25, -0.2) is 0 Å². The molecule has 0 bridgehead atoms. The first-order valence-corrected chi connectivity index (χ1v) is 7.11. The molecule has 0 spiro atoms. The van der Waals surface area contributed by atoms with Gasteiger partial charge in [-0.2, -0.15) is 0 Å². The molecular formula is C16H25NO. The highest BCUT2D eigenvalue weighted by molar-refractivity contribution is 5.34. The first-order valence-electron chi connectivity index (χ1n) is 7.11. The lowest BCUT2D eigenvalue weighted by Gasteiger charge is -2.25. The van der Waals surface area contributed by atoms with Gasteiger partial charge >= 0.3 is 0 Å². The summed E-state index contributed by atoms with van der Waals surface area (Å²) in [4.78, 5) is 0. The maximum atomic E-state index is 5.45. The van der Waals surface area contributed by atoms with Crippen molar-refractivity contribution in [1.29, 1.82) is 0 Å². The van der Waals surface area contributed by atoms with Gasteiger partial charge < -0.3 is 10.1 Å². The summed E-state index contributed by atoms with van der Waals surface area (Å²) < 4.78 is 5.45. The van der Waals surface area contributed by atoms with E-state index in [-0.39, 0.29) is 0 Å². The molecule has 1 aliphatic carbocycles. The van der Waals surface area contributed by atoms with Crippen molar-refractivity contribution in [2.24, 2.45) is 11.8 Å². The Hall–Kier alpha value is -1.02. The van der Waals surface area contributed by atoms with E-state index in [0.29, 0.717) is 6.04 Å². The van der Waals surface area contributed by atoms with Gasteiger partial charge in [-0.3, -0.25) is 0 Å². The number of hydrogen-bond acceptors (Lipinski definition) is 2. The van der Waals surface area contributed by atoms with E-state index in [1.54, 1.807) is 7.11 Å². The molecule has 1 aromatic rings. The third-order valence-electron chi connectivity index (χ3n) is 4.10. The van der Waals surface area contributed by atoms with Crippen LogP contribution in [-0.2, 0) is 6.42 Å². The molecule has 2 rings (SSSR count). The van der Waals surface area contributed by atoms with E-state index in [9.17, 15) is 0 Å². The van der Waals surface area contributed by atoms with Gasteiger partial charge in [0, 0.05) is 6.04 Å². The van der Waals surface area contributed by atoms with Crippen molar-refractivity contribution >= 4 is 0 Å². The van der Waals surface area contributed by atoms with Crippen LogP contribution in [0.4, 0.5) is 0 Å². The molecule has 1 N–H and O–H groups in total. The van der Waals surface area contributed by atoms with E-state index in [1.165, 1.54) is 18.4 Å². The molecule has 1 aromatic carbocycles. The molecule has 18 heavy (non-hydrogen) atoms. The van der Waals surface area contributed by atoms with Crippen LogP contribution in [0.5, 0.6) is 5.75 Å². The van der Waals surface area contributed by atoms with E-state index < -0.39 is 0 Å². The van der Waals surface area contributed by atoms with Crippen molar-refractivity contribution in [2.45, 2.75) is 39.2 Å². The minimum atomic E-state index is 0.568. The van der Waals surface area contributed by atoms with Crippen LogP contribution < -0.4 is 10.1 Å². The summed E-state index contributed by atoms with van der Waals surface area (Å²) in [5, 5.41) is 3.65. The summed E-state index contributed by atoms with van der Waals surface area (Å²) in [5.74, 6) is 2.71. The predicted octanol–water partition coefficient (Wildman–Crippen LogP) is 3.26. The molecule has 0 heterocycles. The molecule has 2 nitrogen and oxygen atoms in total. The Morgan fingerprint density at radius 1 is 1.33 bits per heavy atom. The first kappa shape index (κ1) is 13.4. The molecule has 2 heteroatoms. The van der Waals surface area contributed by atoms with E-state index >= 15 is 0 Å². The van der Waals surface area contributed by atoms with Crippen molar-refractivity contribution < 1.29 is 4.74 Å². The topological polar surface area (TPSA) is 21.3 Å². The predicted molar refractivity (Wildman–Crippen MR) is 76.1 cm³/mol. The van der Waals surface area contributed by atoms with Gasteiger partial charge in [-0.15, -0.1) is 0 Å². The van der Waals surface area contributed by atoms with Gasteiger partial charge in [0.2, 0.25) is 0 Å². The van der Waals surface area contributed by atoms with E-state index in [4.69, 9.17) is 4.74 Å². The summed E-state index contributed by atoms with van der Waals surface area (Å²) in [7, 11) is 1.76. The third kappa shape index (κ3) is 3.26. The summed E-state index contributed by atoms with van der Waals surface area (Å²) >= 11 is 0. The van der Waals surface area contributed by atoms with Crippen molar-refractivity contribution in [3.8, 4) is 5.75 Å². The average Bonchev–Trinajstić information content (AvgIpc) is 3.22. The second-order valence-corrected chi connectivity index (χ2v) is 5.38. The largest absolute Gasteiger partial charge is 0.496 e. The number of ether oxygens (including phenoxy) is 1. The van der Waals surface area contributed by atoms with Crippen molar-refractivity contribution in [1.82, 2.24) is 5.32 Å². The Morgan fingerprint density at radius 2 is 2.06 bits per heavy atom. The monoisotopic (exact) mass is 247 g/mol. The standard InChI is InChI=1S/C16H25NO/c1-4-17-15(12(2)13-9-10-13)11-14-7-5-6-8-16(14)18-3/h5-8,12-13,15,17H,4,9-11H2,1-3H3. The van der Waals surface area contributed by atoms with Crippen LogP contribution in [0.3, 0.4) is 0 Å². The molecular weight excluding hydrogens is 222 g/mol. The van der Waals surface area contributed by atoms with Crippen molar-refractivity contribution in [3.05, 3.63) is 29.8 Å². The van der Waals surface area contributed by atoms with Gasteiger partial charge in [-0.1, -0.05) is 32.0 Å². The van der Waals surface area contributed by atoms with Crippen molar-refractivity contribution in [3.63, 3.8) is 0 Å². The molecule has 0 saturated heterocycles. The Bertz CT molecular complexity index is 373. The molecule has 0 aliphatic heterocycles. The SMILES string of the molecule is CCNC(Cc1ccccc1OC)C(C)C1CC1. The number of rotatable bonds is 7. The molecule has 0 radical (unpaired) electrons. The van der Waals surface area contributed by atoms with Gasteiger partial charge in [0.05, 0.1) is 7.11 Å². The molecule has 1 fully saturated rings. The highest BCUT2D eigenvalue weighted by Crippen LogP contribution is 2.39. The molecule has 0 aromatic heterocycles. The lowest BCUT2D eigenvalue weighted by atomic mass is 9.91.